The summed E-state index contributed by atoms with van der Waals surface area (Å²) in [6.07, 6.45) is 10.9. The highest BCUT2D eigenvalue weighted by molar-refractivity contribution is 7.22. The van der Waals surface area contributed by atoms with Crippen LogP contribution in [0.1, 0.15) is 29.5 Å². The van der Waals surface area contributed by atoms with Crippen molar-refractivity contribution in [1.29, 1.82) is 0 Å². The largest absolute Gasteiger partial charge is 0.355 e. The topological polar surface area (TPSA) is 100 Å². The number of pyridine rings is 1. The Labute approximate surface area is 281 Å². The molecule has 2 aromatic carbocycles. The number of thiophene rings is 2. The molecular weight excluding hydrogens is 625 g/mol. The summed E-state index contributed by atoms with van der Waals surface area (Å²) in [6.45, 7) is 2.58. The standard InChI is InChI=1S/C37H34N6O2S2/c44-34(12-8-26-3-1-15-38-21-26)39-16-13-25-5-9-28(10-6-25)33-20-31-35(41-24-42-37(31)47-33)43-17-2-4-30(23-43)36(45)40-22-27-7-11-32-29(19-27)14-18-46-32/h1,3,5-12,14-15,18-21,24,30H,2,4,13,16-17,22-23H2,(H,39,44)(H,40,45)/b12-8+/t30-/m0/s1. The van der Waals surface area contributed by atoms with E-state index in [0.29, 0.717) is 19.6 Å². The predicted molar refractivity (Wildman–Crippen MR) is 191 cm³/mol. The van der Waals surface area contributed by atoms with Crippen LogP contribution in [-0.2, 0) is 22.6 Å². The van der Waals surface area contributed by atoms with E-state index in [1.165, 1.54) is 16.2 Å². The smallest absolute Gasteiger partial charge is 0.244 e. The van der Waals surface area contributed by atoms with Crippen molar-refractivity contribution < 1.29 is 9.59 Å². The molecule has 1 aliphatic rings. The van der Waals surface area contributed by atoms with Crippen molar-refractivity contribution in [2.45, 2.75) is 25.8 Å². The first kappa shape index (κ1) is 30.7. The number of hydrogen-bond donors (Lipinski definition) is 2. The number of carbonyl (C=O) groups is 2. The van der Waals surface area contributed by atoms with Crippen LogP contribution < -0.4 is 15.5 Å². The van der Waals surface area contributed by atoms with Crippen LogP contribution in [0.3, 0.4) is 0 Å². The summed E-state index contributed by atoms with van der Waals surface area (Å²) in [5, 5.41) is 10.5. The van der Waals surface area contributed by atoms with Crippen LogP contribution in [0, 0.1) is 5.92 Å². The first-order chi connectivity index (χ1) is 23.1. The van der Waals surface area contributed by atoms with Crippen molar-refractivity contribution in [2.75, 3.05) is 24.5 Å². The minimum atomic E-state index is -0.125. The summed E-state index contributed by atoms with van der Waals surface area (Å²) in [6, 6.07) is 22.9. The van der Waals surface area contributed by atoms with E-state index >= 15 is 0 Å². The fourth-order valence-electron chi connectivity index (χ4n) is 5.95. The van der Waals surface area contributed by atoms with Gasteiger partial charge >= 0.3 is 0 Å². The molecule has 4 aromatic heterocycles. The van der Waals surface area contributed by atoms with E-state index in [4.69, 9.17) is 0 Å². The average molecular weight is 659 g/mol. The maximum atomic E-state index is 13.2. The maximum Gasteiger partial charge on any atom is 0.244 e. The zero-order chi connectivity index (χ0) is 32.0. The molecule has 1 fully saturated rings. The van der Waals surface area contributed by atoms with Crippen molar-refractivity contribution in [3.63, 3.8) is 0 Å². The van der Waals surface area contributed by atoms with Crippen LogP contribution in [0.5, 0.6) is 0 Å². The zero-order valence-electron chi connectivity index (χ0n) is 25.8. The first-order valence-electron chi connectivity index (χ1n) is 15.8. The number of hydrogen-bond acceptors (Lipinski definition) is 8. The van der Waals surface area contributed by atoms with Crippen molar-refractivity contribution in [3.8, 4) is 10.4 Å². The number of amides is 2. The number of nitrogens with one attached hydrogen (secondary N) is 2. The van der Waals surface area contributed by atoms with Gasteiger partial charge in [0.05, 0.1) is 11.3 Å². The van der Waals surface area contributed by atoms with Gasteiger partial charge in [-0.1, -0.05) is 36.4 Å². The lowest BCUT2D eigenvalue weighted by Crippen LogP contribution is -2.43. The molecule has 0 spiro atoms. The normalized spacial score (nSPS) is 15.0. The number of piperidine rings is 1. The van der Waals surface area contributed by atoms with Gasteiger partial charge in [-0.05, 0) is 88.7 Å². The summed E-state index contributed by atoms with van der Waals surface area (Å²) in [7, 11) is 0. The molecular formula is C37H34N6O2S2. The summed E-state index contributed by atoms with van der Waals surface area (Å²) in [5.41, 5.74) is 4.27. The number of carbonyl (C=O) groups excluding carboxylic acids is 2. The maximum absolute atomic E-state index is 13.2. The molecule has 0 aliphatic carbocycles. The lowest BCUT2D eigenvalue weighted by atomic mass is 9.96. The van der Waals surface area contributed by atoms with Gasteiger partial charge in [0, 0.05) is 54.2 Å². The van der Waals surface area contributed by atoms with E-state index in [2.05, 4.69) is 90.5 Å². The molecule has 0 radical (unpaired) electrons. The number of nitrogens with zero attached hydrogens (tertiary/aromatic N) is 4. The average Bonchev–Trinajstić information content (AvgIpc) is 3.78. The molecule has 2 amide bonds. The number of benzene rings is 2. The lowest BCUT2D eigenvalue weighted by Gasteiger charge is -2.33. The minimum Gasteiger partial charge on any atom is -0.355 e. The highest BCUT2D eigenvalue weighted by Gasteiger charge is 2.28. The third-order valence-corrected chi connectivity index (χ3v) is 10.4. The van der Waals surface area contributed by atoms with Gasteiger partial charge in [-0.2, -0.15) is 0 Å². The molecule has 47 heavy (non-hydrogen) atoms. The second-order valence-electron chi connectivity index (χ2n) is 11.7. The second-order valence-corrected chi connectivity index (χ2v) is 13.7. The fraction of sp³-hybridized carbons (Fsp3) is 0.216. The zero-order valence-corrected chi connectivity index (χ0v) is 27.4. The molecule has 1 atom stereocenters. The highest BCUT2D eigenvalue weighted by Crippen LogP contribution is 2.37. The van der Waals surface area contributed by atoms with Crippen molar-refractivity contribution in [3.05, 3.63) is 114 Å². The number of rotatable bonds is 10. The minimum absolute atomic E-state index is 0.0914. The van der Waals surface area contributed by atoms with Gasteiger partial charge in [0.2, 0.25) is 11.8 Å². The van der Waals surface area contributed by atoms with Crippen molar-refractivity contribution in [2.24, 2.45) is 5.92 Å². The van der Waals surface area contributed by atoms with E-state index < -0.39 is 0 Å². The third kappa shape index (κ3) is 7.40. The van der Waals surface area contributed by atoms with E-state index in [1.54, 1.807) is 47.5 Å². The quantitative estimate of drug-likeness (QED) is 0.156. The monoisotopic (exact) mass is 658 g/mol. The van der Waals surface area contributed by atoms with Gasteiger partial charge < -0.3 is 15.5 Å². The molecule has 0 unspecified atom stereocenters. The molecule has 1 saturated heterocycles. The molecule has 2 N–H and O–H groups in total. The van der Waals surface area contributed by atoms with Crippen LogP contribution in [0.15, 0.2) is 96.9 Å². The summed E-state index contributed by atoms with van der Waals surface area (Å²) in [4.78, 5) is 43.0. The molecule has 8 nitrogen and oxygen atoms in total. The Morgan fingerprint density at radius 2 is 1.89 bits per heavy atom. The van der Waals surface area contributed by atoms with E-state index in [1.807, 2.05) is 12.1 Å². The van der Waals surface area contributed by atoms with E-state index in [9.17, 15) is 9.59 Å². The van der Waals surface area contributed by atoms with Gasteiger partial charge in [-0.25, -0.2) is 9.97 Å². The summed E-state index contributed by atoms with van der Waals surface area (Å²) < 4.78 is 1.26. The number of fused-ring (bicyclic) bond motifs is 2. The summed E-state index contributed by atoms with van der Waals surface area (Å²) >= 11 is 3.38. The van der Waals surface area contributed by atoms with E-state index in [0.717, 1.165) is 69.0 Å². The molecule has 236 valence electrons. The van der Waals surface area contributed by atoms with Gasteiger partial charge in [-0.15, -0.1) is 22.7 Å². The predicted octanol–water partition coefficient (Wildman–Crippen LogP) is 6.87. The Hall–Kier alpha value is -4.93. The van der Waals surface area contributed by atoms with Gasteiger partial charge in [0.1, 0.15) is 17.0 Å². The van der Waals surface area contributed by atoms with Gasteiger partial charge in [0.15, 0.2) is 0 Å². The number of anilines is 1. The van der Waals surface area contributed by atoms with Gasteiger partial charge in [0.25, 0.3) is 0 Å². The fourth-order valence-corrected chi connectivity index (χ4v) is 7.72. The molecule has 5 heterocycles. The van der Waals surface area contributed by atoms with Crippen molar-refractivity contribution in [1.82, 2.24) is 25.6 Å². The van der Waals surface area contributed by atoms with Gasteiger partial charge in [-0.3, -0.25) is 14.6 Å². The Morgan fingerprint density at radius 1 is 1.00 bits per heavy atom. The molecule has 6 aromatic rings. The molecule has 1 aliphatic heterocycles. The first-order valence-corrected chi connectivity index (χ1v) is 17.5. The molecule has 7 rings (SSSR count). The lowest BCUT2D eigenvalue weighted by molar-refractivity contribution is -0.125. The Balaban J connectivity index is 0.959. The van der Waals surface area contributed by atoms with E-state index in [-0.39, 0.29) is 17.7 Å². The van der Waals surface area contributed by atoms with Crippen LogP contribution >= 0.6 is 22.7 Å². The molecule has 10 heteroatoms. The van der Waals surface area contributed by atoms with Crippen LogP contribution in [0.4, 0.5) is 5.82 Å². The van der Waals surface area contributed by atoms with Crippen LogP contribution in [-0.4, -0.2) is 46.4 Å². The SMILES string of the molecule is O=C(/C=C/c1cccnc1)NCCc1ccc(-c2cc3c(N4CCC[C@H](C(=O)NCc5ccc6sccc6c5)C4)ncnc3s2)cc1. The Morgan fingerprint density at radius 3 is 2.77 bits per heavy atom. The number of aromatic nitrogens is 3. The van der Waals surface area contributed by atoms with Crippen molar-refractivity contribution >= 4 is 66.7 Å². The summed E-state index contributed by atoms with van der Waals surface area (Å²) in [5.74, 6) is 0.770. The molecule has 0 bridgehead atoms. The third-order valence-electron chi connectivity index (χ3n) is 8.45. The molecule has 0 saturated carbocycles. The van der Waals surface area contributed by atoms with Crippen LogP contribution in [0.2, 0.25) is 0 Å². The van der Waals surface area contributed by atoms with Crippen LogP contribution in [0.25, 0.3) is 36.8 Å². The highest BCUT2D eigenvalue weighted by atomic mass is 32.1. The Kier molecular flexibility index (Phi) is 9.30. The Bertz CT molecular complexity index is 2040. The second kappa shape index (κ2) is 14.2.